The van der Waals surface area contributed by atoms with E-state index in [1.807, 2.05) is 14.0 Å². The SMILES string of the molecule is CCC(C)CC[C@@](CC)(NC)NC(=O)C(C)CC. The summed E-state index contributed by atoms with van der Waals surface area (Å²) in [6.07, 6.45) is 5.15. The maximum atomic E-state index is 12.1. The van der Waals surface area contributed by atoms with Crippen LogP contribution in [-0.4, -0.2) is 18.6 Å². The lowest BCUT2D eigenvalue weighted by molar-refractivity contribution is -0.127. The predicted molar refractivity (Wildman–Crippen MR) is 78.4 cm³/mol. The summed E-state index contributed by atoms with van der Waals surface area (Å²) in [5.41, 5.74) is -0.232. The summed E-state index contributed by atoms with van der Waals surface area (Å²) in [6.45, 7) is 10.7. The van der Waals surface area contributed by atoms with Crippen LogP contribution in [0.25, 0.3) is 0 Å². The normalized spacial score (nSPS) is 17.9. The van der Waals surface area contributed by atoms with E-state index in [4.69, 9.17) is 0 Å². The third kappa shape index (κ3) is 5.38. The van der Waals surface area contributed by atoms with Crippen LogP contribution in [0.4, 0.5) is 0 Å². The van der Waals surface area contributed by atoms with Crippen molar-refractivity contribution in [1.82, 2.24) is 10.6 Å². The first-order valence-electron chi connectivity index (χ1n) is 7.45. The highest BCUT2D eigenvalue weighted by Crippen LogP contribution is 2.20. The second-order valence-electron chi connectivity index (χ2n) is 5.54. The minimum atomic E-state index is -0.232. The molecule has 0 saturated carbocycles. The zero-order valence-corrected chi connectivity index (χ0v) is 13.1. The molecule has 0 rings (SSSR count). The molecule has 0 spiro atoms. The monoisotopic (exact) mass is 256 g/mol. The summed E-state index contributed by atoms with van der Waals surface area (Å²) in [4.78, 5) is 12.1. The van der Waals surface area contributed by atoms with Crippen molar-refractivity contribution >= 4 is 5.91 Å². The summed E-state index contributed by atoms with van der Waals surface area (Å²) in [5.74, 6) is 0.968. The molecule has 18 heavy (non-hydrogen) atoms. The third-order valence-corrected chi connectivity index (χ3v) is 4.27. The topological polar surface area (TPSA) is 41.1 Å². The van der Waals surface area contributed by atoms with E-state index in [1.54, 1.807) is 0 Å². The molecule has 0 saturated heterocycles. The Morgan fingerprint density at radius 3 is 2.17 bits per heavy atom. The van der Waals surface area contributed by atoms with E-state index in [-0.39, 0.29) is 17.5 Å². The highest BCUT2D eigenvalue weighted by atomic mass is 16.2. The lowest BCUT2D eigenvalue weighted by atomic mass is 9.92. The van der Waals surface area contributed by atoms with Crippen molar-refractivity contribution in [3.05, 3.63) is 0 Å². The van der Waals surface area contributed by atoms with Gasteiger partial charge >= 0.3 is 0 Å². The number of hydrogen-bond donors (Lipinski definition) is 2. The first-order chi connectivity index (χ1) is 8.44. The van der Waals surface area contributed by atoms with Gasteiger partial charge < -0.3 is 5.32 Å². The molecule has 3 atom stereocenters. The number of hydrogen-bond acceptors (Lipinski definition) is 2. The molecule has 0 radical (unpaired) electrons. The molecule has 0 aliphatic rings. The fourth-order valence-electron chi connectivity index (χ4n) is 1.93. The van der Waals surface area contributed by atoms with Gasteiger partial charge in [0.2, 0.25) is 5.91 Å². The quantitative estimate of drug-likeness (QED) is 0.621. The van der Waals surface area contributed by atoms with Gasteiger partial charge in [0.15, 0.2) is 0 Å². The van der Waals surface area contributed by atoms with E-state index in [1.165, 1.54) is 6.42 Å². The van der Waals surface area contributed by atoms with Gasteiger partial charge in [0.25, 0.3) is 0 Å². The average Bonchev–Trinajstić information content (AvgIpc) is 2.41. The standard InChI is InChI=1S/C15H32N2O/c1-7-12(4)10-11-15(9-3,16-6)17-14(18)13(5)8-2/h12-13,16H,7-11H2,1-6H3,(H,17,18)/t12?,13?,15-/m0/s1. The zero-order valence-electron chi connectivity index (χ0n) is 13.1. The molecular formula is C15H32N2O. The molecular weight excluding hydrogens is 224 g/mol. The Balaban J connectivity index is 4.55. The van der Waals surface area contributed by atoms with Gasteiger partial charge in [-0.3, -0.25) is 10.1 Å². The Kier molecular flexibility index (Phi) is 8.25. The summed E-state index contributed by atoms with van der Waals surface area (Å²) in [7, 11) is 1.94. The Labute approximate surface area is 113 Å². The average molecular weight is 256 g/mol. The van der Waals surface area contributed by atoms with Gasteiger partial charge in [-0.05, 0) is 38.6 Å². The first-order valence-corrected chi connectivity index (χ1v) is 7.45. The Bertz CT molecular complexity index is 237. The Morgan fingerprint density at radius 1 is 1.17 bits per heavy atom. The molecule has 2 N–H and O–H groups in total. The van der Waals surface area contributed by atoms with Crippen LogP contribution in [0.2, 0.25) is 0 Å². The Hall–Kier alpha value is -0.570. The molecule has 3 heteroatoms. The van der Waals surface area contributed by atoms with E-state index in [0.717, 1.165) is 25.7 Å². The number of amides is 1. The molecule has 0 heterocycles. The fourth-order valence-corrected chi connectivity index (χ4v) is 1.93. The van der Waals surface area contributed by atoms with Gasteiger partial charge in [0, 0.05) is 5.92 Å². The summed E-state index contributed by atoms with van der Waals surface area (Å²) in [6, 6.07) is 0. The predicted octanol–water partition coefficient (Wildman–Crippen LogP) is 3.30. The van der Waals surface area contributed by atoms with Crippen molar-refractivity contribution in [2.75, 3.05) is 7.05 Å². The molecule has 108 valence electrons. The maximum Gasteiger partial charge on any atom is 0.224 e. The van der Waals surface area contributed by atoms with Crippen molar-refractivity contribution in [1.29, 1.82) is 0 Å². The van der Waals surface area contributed by atoms with Crippen LogP contribution in [0.3, 0.4) is 0 Å². The minimum absolute atomic E-state index is 0.0906. The van der Waals surface area contributed by atoms with Crippen molar-refractivity contribution < 1.29 is 4.79 Å². The van der Waals surface area contributed by atoms with E-state index in [9.17, 15) is 4.79 Å². The van der Waals surface area contributed by atoms with Gasteiger partial charge in [0.05, 0.1) is 5.66 Å². The van der Waals surface area contributed by atoms with Crippen molar-refractivity contribution in [2.24, 2.45) is 11.8 Å². The van der Waals surface area contributed by atoms with Crippen LogP contribution in [-0.2, 0) is 4.79 Å². The third-order valence-electron chi connectivity index (χ3n) is 4.27. The van der Waals surface area contributed by atoms with E-state index < -0.39 is 0 Å². The fraction of sp³-hybridized carbons (Fsp3) is 0.933. The summed E-state index contributed by atoms with van der Waals surface area (Å²) < 4.78 is 0. The second-order valence-corrected chi connectivity index (χ2v) is 5.54. The van der Waals surface area contributed by atoms with E-state index in [2.05, 4.69) is 38.3 Å². The van der Waals surface area contributed by atoms with Crippen LogP contribution in [0.5, 0.6) is 0 Å². The summed E-state index contributed by atoms with van der Waals surface area (Å²) >= 11 is 0. The highest BCUT2D eigenvalue weighted by Gasteiger charge is 2.29. The Morgan fingerprint density at radius 2 is 1.78 bits per heavy atom. The lowest BCUT2D eigenvalue weighted by Gasteiger charge is -2.35. The zero-order chi connectivity index (χ0) is 14.2. The van der Waals surface area contributed by atoms with E-state index >= 15 is 0 Å². The molecule has 3 nitrogen and oxygen atoms in total. The van der Waals surface area contributed by atoms with Crippen LogP contribution in [0.15, 0.2) is 0 Å². The molecule has 0 fully saturated rings. The molecule has 0 aromatic rings. The lowest BCUT2D eigenvalue weighted by Crippen LogP contribution is -2.58. The molecule has 0 bridgehead atoms. The van der Waals surface area contributed by atoms with Crippen LogP contribution < -0.4 is 10.6 Å². The van der Waals surface area contributed by atoms with Gasteiger partial charge in [-0.2, -0.15) is 0 Å². The highest BCUT2D eigenvalue weighted by molar-refractivity contribution is 5.78. The largest absolute Gasteiger partial charge is 0.338 e. The number of carbonyl (C=O) groups excluding carboxylic acids is 1. The number of rotatable bonds is 9. The molecule has 1 amide bonds. The molecule has 0 aliphatic carbocycles. The van der Waals surface area contributed by atoms with Crippen molar-refractivity contribution in [3.63, 3.8) is 0 Å². The van der Waals surface area contributed by atoms with Gasteiger partial charge in [-0.15, -0.1) is 0 Å². The number of nitrogens with one attached hydrogen (secondary N) is 2. The first kappa shape index (κ1) is 17.4. The smallest absolute Gasteiger partial charge is 0.224 e. The van der Waals surface area contributed by atoms with Gasteiger partial charge in [0.1, 0.15) is 0 Å². The van der Waals surface area contributed by atoms with Crippen LogP contribution in [0, 0.1) is 11.8 Å². The minimum Gasteiger partial charge on any atom is -0.338 e. The van der Waals surface area contributed by atoms with Crippen molar-refractivity contribution in [2.45, 2.75) is 72.4 Å². The van der Waals surface area contributed by atoms with Gasteiger partial charge in [-0.1, -0.05) is 41.0 Å². The molecule has 0 aromatic carbocycles. The van der Waals surface area contributed by atoms with Crippen LogP contribution in [0.1, 0.15) is 66.7 Å². The molecule has 0 aliphatic heterocycles. The number of carbonyl (C=O) groups is 1. The molecule has 0 aromatic heterocycles. The van der Waals surface area contributed by atoms with E-state index in [0.29, 0.717) is 5.92 Å². The molecule has 2 unspecified atom stereocenters. The summed E-state index contributed by atoms with van der Waals surface area (Å²) in [5, 5.41) is 6.53. The maximum absolute atomic E-state index is 12.1. The second kappa shape index (κ2) is 8.52. The van der Waals surface area contributed by atoms with Crippen molar-refractivity contribution in [3.8, 4) is 0 Å². The van der Waals surface area contributed by atoms with Gasteiger partial charge in [-0.25, -0.2) is 0 Å². The van der Waals surface area contributed by atoms with Crippen LogP contribution >= 0.6 is 0 Å².